The predicted octanol–water partition coefficient (Wildman–Crippen LogP) is 2.65. The molecule has 1 saturated heterocycles. The van der Waals surface area contributed by atoms with Crippen molar-refractivity contribution < 1.29 is 19.0 Å². The highest BCUT2D eigenvalue weighted by Gasteiger charge is 2.48. The Morgan fingerprint density at radius 2 is 2.16 bits per heavy atom. The zero-order valence-corrected chi connectivity index (χ0v) is 11.8. The molecule has 1 aliphatic heterocycles. The molecule has 1 aromatic rings. The highest BCUT2D eigenvalue weighted by Crippen LogP contribution is 2.42. The first kappa shape index (κ1) is 13.9. The molecule has 0 bridgehead atoms. The van der Waals surface area contributed by atoms with Gasteiger partial charge in [-0.3, -0.25) is 0 Å². The summed E-state index contributed by atoms with van der Waals surface area (Å²) in [5.41, 5.74) is 2.19. The van der Waals surface area contributed by atoms with Gasteiger partial charge in [-0.2, -0.15) is 0 Å². The van der Waals surface area contributed by atoms with E-state index in [9.17, 15) is 4.79 Å². The lowest BCUT2D eigenvalue weighted by molar-refractivity contribution is -0.148. The summed E-state index contributed by atoms with van der Waals surface area (Å²) in [6.07, 6.45) is 0.130. The number of rotatable bonds is 5. The first-order chi connectivity index (χ1) is 9.06. The zero-order chi connectivity index (χ0) is 14.0. The summed E-state index contributed by atoms with van der Waals surface area (Å²) in [4.78, 5) is 11.8. The van der Waals surface area contributed by atoms with Gasteiger partial charge >= 0.3 is 5.97 Å². The lowest BCUT2D eigenvalue weighted by Crippen LogP contribution is -2.17. The number of methoxy groups -OCH3 is 1. The molecule has 2 atom stereocenters. The molecule has 4 nitrogen and oxygen atoms in total. The van der Waals surface area contributed by atoms with E-state index in [-0.39, 0.29) is 18.2 Å². The van der Waals surface area contributed by atoms with Crippen LogP contribution in [-0.4, -0.2) is 25.3 Å². The van der Waals surface area contributed by atoms with Gasteiger partial charge in [0.1, 0.15) is 11.9 Å². The summed E-state index contributed by atoms with van der Waals surface area (Å²) in [6.45, 7) is 5.74. The van der Waals surface area contributed by atoms with E-state index >= 15 is 0 Å². The second-order valence-electron chi connectivity index (χ2n) is 4.88. The lowest BCUT2D eigenvalue weighted by atomic mass is 10.0. The Morgan fingerprint density at radius 3 is 2.74 bits per heavy atom. The maximum absolute atomic E-state index is 11.8. The van der Waals surface area contributed by atoms with Gasteiger partial charge < -0.3 is 14.2 Å². The second-order valence-corrected chi connectivity index (χ2v) is 4.88. The quantitative estimate of drug-likeness (QED) is 0.606. The Hall–Kier alpha value is -1.55. The van der Waals surface area contributed by atoms with Crippen molar-refractivity contribution >= 4 is 5.97 Å². The van der Waals surface area contributed by atoms with E-state index < -0.39 is 6.10 Å². The van der Waals surface area contributed by atoms with Crippen LogP contribution in [0.5, 0.6) is 5.75 Å². The number of esters is 1. The normalized spacial score (nSPS) is 21.3. The molecule has 1 aliphatic rings. The number of aryl methyl sites for hydroxylation is 1. The molecule has 0 spiro atoms. The van der Waals surface area contributed by atoms with Gasteiger partial charge in [0.2, 0.25) is 0 Å². The topological polar surface area (TPSA) is 48.1 Å². The minimum atomic E-state index is -0.457. The van der Waals surface area contributed by atoms with Gasteiger partial charge in [-0.1, -0.05) is 13.0 Å². The van der Waals surface area contributed by atoms with Crippen molar-refractivity contribution in [1.82, 2.24) is 0 Å². The molecule has 0 saturated carbocycles. The van der Waals surface area contributed by atoms with E-state index in [1.54, 1.807) is 7.11 Å². The van der Waals surface area contributed by atoms with Crippen LogP contribution >= 0.6 is 0 Å². The van der Waals surface area contributed by atoms with Gasteiger partial charge in [0.15, 0.2) is 6.10 Å². The Morgan fingerprint density at radius 1 is 1.42 bits per heavy atom. The van der Waals surface area contributed by atoms with E-state index in [0.29, 0.717) is 0 Å². The fourth-order valence-corrected chi connectivity index (χ4v) is 2.12. The summed E-state index contributed by atoms with van der Waals surface area (Å²) in [7, 11) is 1.64. The van der Waals surface area contributed by atoms with Crippen LogP contribution in [0, 0.1) is 0 Å². The van der Waals surface area contributed by atoms with Crippen molar-refractivity contribution in [2.24, 2.45) is 0 Å². The molecule has 0 N–H and O–H groups in total. The first-order valence-corrected chi connectivity index (χ1v) is 6.59. The summed E-state index contributed by atoms with van der Waals surface area (Å²) in [6, 6.07) is 5.84. The third kappa shape index (κ3) is 3.07. The maximum Gasteiger partial charge on any atom is 0.338 e. The standard InChI is InChI=1S/C15H20O4/c1-5-10-8-11(17-4)6-7-12(10)13-14(19-13)15(16)18-9(2)3/h6-9,13-14H,5H2,1-4H3. The third-order valence-corrected chi connectivity index (χ3v) is 3.11. The highest BCUT2D eigenvalue weighted by atomic mass is 16.6. The van der Waals surface area contributed by atoms with Crippen LogP contribution in [0.3, 0.4) is 0 Å². The van der Waals surface area contributed by atoms with Crippen LogP contribution in [0.25, 0.3) is 0 Å². The molecule has 0 aromatic heterocycles. The molecule has 1 heterocycles. The number of benzene rings is 1. The Labute approximate surface area is 113 Å². The van der Waals surface area contributed by atoms with Crippen LogP contribution in [0.4, 0.5) is 0 Å². The van der Waals surface area contributed by atoms with E-state index in [4.69, 9.17) is 14.2 Å². The van der Waals surface area contributed by atoms with Crippen molar-refractivity contribution in [3.63, 3.8) is 0 Å². The molecule has 2 unspecified atom stereocenters. The number of hydrogen-bond acceptors (Lipinski definition) is 4. The average Bonchev–Trinajstić information content (AvgIpc) is 3.17. The maximum atomic E-state index is 11.8. The molecule has 4 heteroatoms. The first-order valence-electron chi connectivity index (χ1n) is 6.59. The molecule has 19 heavy (non-hydrogen) atoms. The van der Waals surface area contributed by atoms with Gasteiger partial charge in [-0.15, -0.1) is 0 Å². The summed E-state index contributed by atoms with van der Waals surface area (Å²) in [5.74, 6) is 0.542. The van der Waals surface area contributed by atoms with Gasteiger partial charge in [0, 0.05) is 0 Å². The molecule has 1 fully saturated rings. The summed E-state index contributed by atoms with van der Waals surface area (Å²) < 4.78 is 15.8. The van der Waals surface area contributed by atoms with Crippen molar-refractivity contribution in [2.45, 2.75) is 45.5 Å². The fourth-order valence-electron chi connectivity index (χ4n) is 2.12. The molecular formula is C15H20O4. The minimum Gasteiger partial charge on any atom is -0.497 e. The molecule has 104 valence electrons. The Balaban J connectivity index is 2.10. The van der Waals surface area contributed by atoms with E-state index in [0.717, 1.165) is 23.3 Å². The van der Waals surface area contributed by atoms with Gasteiger partial charge in [-0.05, 0) is 43.5 Å². The van der Waals surface area contributed by atoms with Crippen LogP contribution in [-0.2, 0) is 20.7 Å². The average molecular weight is 264 g/mol. The van der Waals surface area contributed by atoms with Crippen molar-refractivity contribution in [1.29, 1.82) is 0 Å². The third-order valence-electron chi connectivity index (χ3n) is 3.11. The highest BCUT2D eigenvalue weighted by molar-refractivity contribution is 5.78. The zero-order valence-electron chi connectivity index (χ0n) is 11.8. The fraction of sp³-hybridized carbons (Fsp3) is 0.533. The molecule has 0 radical (unpaired) electrons. The van der Waals surface area contributed by atoms with E-state index in [1.807, 2.05) is 32.0 Å². The SMILES string of the molecule is CCc1cc(OC)ccc1C1OC1C(=O)OC(C)C. The molecule has 1 aromatic carbocycles. The van der Waals surface area contributed by atoms with Gasteiger partial charge in [0.05, 0.1) is 13.2 Å². The Bertz CT molecular complexity index is 467. The van der Waals surface area contributed by atoms with Gasteiger partial charge in [0.25, 0.3) is 0 Å². The number of hydrogen-bond donors (Lipinski definition) is 0. The second kappa shape index (κ2) is 5.61. The monoisotopic (exact) mass is 264 g/mol. The molecule has 0 amide bonds. The van der Waals surface area contributed by atoms with Crippen molar-refractivity contribution in [2.75, 3.05) is 7.11 Å². The number of carbonyl (C=O) groups excluding carboxylic acids is 1. The number of carbonyl (C=O) groups is 1. The van der Waals surface area contributed by atoms with Crippen LogP contribution in [0.2, 0.25) is 0 Å². The van der Waals surface area contributed by atoms with Crippen LogP contribution in [0.1, 0.15) is 38.0 Å². The van der Waals surface area contributed by atoms with E-state index in [2.05, 4.69) is 6.92 Å². The van der Waals surface area contributed by atoms with Crippen molar-refractivity contribution in [3.05, 3.63) is 29.3 Å². The minimum absolute atomic E-state index is 0.112. The largest absolute Gasteiger partial charge is 0.497 e. The summed E-state index contributed by atoms with van der Waals surface area (Å²) in [5, 5.41) is 0. The predicted molar refractivity (Wildman–Crippen MR) is 71.2 cm³/mol. The Kier molecular flexibility index (Phi) is 4.10. The smallest absolute Gasteiger partial charge is 0.338 e. The number of ether oxygens (including phenoxy) is 3. The molecular weight excluding hydrogens is 244 g/mol. The lowest BCUT2D eigenvalue weighted by Gasteiger charge is -2.08. The number of epoxide rings is 1. The van der Waals surface area contributed by atoms with Crippen LogP contribution in [0.15, 0.2) is 18.2 Å². The summed E-state index contributed by atoms with van der Waals surface area (Å²) >= 11 is 0. The van der Waals surface area contributed by atoms with Crippen LogP contribution < -0.4 is 4.74 Å². The van der Waals surface area contributed by atoms with Gasteiger partial charge in [-0.25, -0.2) is 4.79 Å². The van der Waals surface area contributed by atoms with E-state index in [1.165, 1.54) is 0 Å². The molecule has 0 aliphatic carbocycles. The van der Waals surface area contributed by atoms with Crippen molar-refractivity contribution in [3.8, 4) is 5.75 Å². The molecule has 2 rings (SSSR count).